The van der Waals surface area contributed by atoms with E-state index in [-0.39, 0.29) is 12.3 Å². The first kappa shape index (κ1) is 16.3. The van der Waals surface area contributed by atoms with Gasteiger partial charge in [0.05, 0.1) is 5.69 Å². The molecule has 126 valence electrons. The van der Waals surface area contributed by atoms with Crippen LogP contribution in [0.4, 0.5) is 17.6 Å². The average molecular weight is 339 g/mol. The number of fused-ring (bicyclic) bond motifs is 1. The highest BCUT2D eigenvalue weighted by atomic mass is 19.4. The number of para-hydroxylation sites is 1. The Morgan fingerprint density at radius 1 is 1.12 bits per heavy atom. The van der Waals surface area contributed by atoms with Gasteiger partial charge in [-0.2, -0.15) is 13.2 Å². The minimum absolute atomic E-state index is 0.000349. The molecule has 0 bridgehead atoms. The lowest BCUT2D eigenvalue weighted by molar-refractivity contribution is -0.153. The summed E-state index contributed by atoms with van der Waals surface area (Å²) in [6, 6.07) is 7.33. The molecule has 2 aromatic heterocycles. The van der Waals surface area contributed by atoms with Crippen molar-refractivity contribution in [2.24, 2.45) is 5.73 Å². The molecule has 0 fully saturated rings. The zero-order chi connectivity index (χ0) is 17.3. The second kappa shape index (κ2) is 6.12. The van der Waals surface area contributed by atoms with Crippen molar-refractivity contribution in [1.82, 2.24) is 9.38 Å². The highest BCUT2D eigenvalue weighted by Gasteiger charge is 2.29. The maximum Gasteiger partial charge on any atom is 0.422 e. The van der Waals surface area contributed by atoms with Gasteiger partial charge >= 0.3 is 6.18 Å². The summed E-state index contributed by atoms with van der Waals surface area (Å²) in [7, 11) is 0. The first-order valence-electron chi connectivity index (χ1n) is 7.03. The molecule has 3 aromatic rings. The second-order valence-electron chi connectivity index (χ2n) is 5.14. The smallest absolute Gasteiger partial charge is 0.422 e. The number of halogens is 4. The zero-order valence-corrected chi connectivity index (χ0v) is 12.3. The number of benzene rings is 1. The van der Waals surface area contributed by atoms with E-state index in [9.17, 15) is 17.6 Å². The first-order chi connectivity index (χ1) is 11.4. The summed E-state index contributed by atoms with van der Waals surface area (Å²) in [5, 5.41) is 0. The van der Waals surface area contributed by atoms with Gasteiger partial charge in [-0.1, -0.05) is 18.2 Å². The lowest BCUT2D eigenvalue weighted by Gasteiger charge is -2.13. The number of nitrogens with zero attached hydrogens (tertiary/aromatic N) is 2. The van der Waals surface area contributed by atoms with Gasteiger partial charge in [0, 0.05) is 30.1 Å². The maximum atomic E-state index is 13.9. The summed E-state index contributed by atoms with van der Waals surface area (Å²) < 4.78 is 57.5. The third kappa shape index (κ3) is 3.33. The summed E-state index contributed by atoms with van der Waals surface area (Å²) >= 11 is 0. The van der Waals surface area contributed by atoms with E-state index in [1.54, 1.807) is 24.4 Å². The van der Waals surface area contributed by atoms with Gasteiger partial charge in [-0.05, 0) is 12.1 Å². The van der Waals surface area contributed by atoms with Crippen LogP contribution in [0.5, 0.6) is 5.75 Å². The fourth-order valence-electron chi connectivity index (χ4n) is 2.39. The number of pyridine rings is 1. The molecule has 2 N–H and O–H groups in total. The summed E-state index contributed by atoms with van der Waals surface area (Å²) in [6.45, 7) is -1.27. The molecule has 0 radical (unpaired) electrons. The number of nitrogens with two attached hydrogens (primary N) is 1. The maximum absolute atomic E-state index is 13.9. The van der Waals surface area contributed by atoms with E-state index in [4.69, 9.17) is 10.5 Å². The molecule has 4 nitrogen and oxygen atoms in total. The van der Waals surface area contributed by atoms with E-state index < -0.39 is 18.6 Å². The van der Waals surface area contributed by atoms with Crippen LogP contribution in [0.2, 0.25) is 0 Å². The minimum atomic E-state index is -4.47. The standard InChI is InChI=1S/C16H13F4N3O/c17-10-5-13(15-22-11(6-21)8-23(15)7-10)12-3-1-2-4-14(12)24-9-16(18,19)20/h1-5,7-8H,6,9,21H2. The Morgan fingerprint density at radius 3 is 2.58 bits per heavy atom. The van der Waals surface area contributed by atoms with E-state index >= 15 is 0 Å². The van der Waals surface area contributed by atoms with Crippen molar-refractivity contribution in [3.8, 4) is 16.9 Å². The van der Waals surface area contributed by atoms with Gasteiger partial charge < -0.3 is 14.9 Å². The molecule has 3 rings (SSSR count). The molecule has 0 spiro atoms. The molecule has 0 aliphatic heterocycles. The highest BCUT2D eigenvalue weighted by molar-refractivity contribution is 5.81. The molecule has 8 heteroatoms. The van der Waals surface area contributed by atoms with E-state index in [0.29, 0.717) is 22.5 Å². The number of aromatic nitrogens is 2. The highest BCUT2D eigenvalue weighted by Crippen LogP contribution is 2.34. The van der Waals surface area contributed by atoms with E-state index in [1.165, 1.54) is 22.7 Å². The normalized spacial score (nSPS) is 11.9. The molecule has 0 saturated carbocycles. The SMILES string of the molecule is NCc1cn2cc(F)cc(-c3ccccc3OCC(F)(F)F)c2n1. The van der Waals surface area contributed by atoms with Crippen molar-refractivity contribution in [3.63, 3.8) is 0 Å². The van der Waals surface area contributed by atoms with Crippen LogP contribution >= 0.6 is 0 Å². The predicted molar refractivity (Wildman–Crippen MR) is 80.0 cm³/mol. The zero-order valence-electron chi connectivity index (χ0n) is 12.3. The van der Waals surface area contributed by atoms with Gasteiger partial charge in [-0.3, -0.25) is 0 Å². The number of ether oxygens (including phenoxy) is 1. The number of hydrogen-bond donors (Lipinski definition) is 1. The average Bonchev–Trinajstić information content (AvgIpc) is 2.94. The van der Waals surface area contributed by atoms with Gasteiger partial charge in [-0.15, -0.1) is 0 Å². The molecule has 1 aromatic carbocycles. The Kier molecular flexibility index (Phi) is 4.15. The van der Waals surface area contributed by atoms with Crippen molar-refractivity contribution in [2.45, 2.75) is 12.7 Å². The third-order valence-corrected chi connectivity index (χ3v) is 3.35. The van der Waals surface area contributed by atoms with E-state index in [0.717, 1.165) is 0 Å². The Bertz CT molecular complexity index is 873. The van der Waals surface area contributed by atoms with Gasteiger partial charge in [0.25, 0.3) is 0 Å². The summed E-state index contributed by atoms with van der Waals surface area (Å²) in [5.74, 6) is -0.552. The van der Waals surface area contributed by atoms with Crippen molar-refractivity contribution in [3.05, 3.63) is 54.2 Å². The second-order valence-corrected chi connectivity index (χ2v) is 5.14. The van der Waals surface area contributed by atoms with E-state index in [2.05, 4.69) is 4.98 Å². The molecular formula is C16H13F4N3O. The topological polar surface area (TPSA) is 52.5 Å². The Hall–Kier alpha value is -2.61. The molecule has 0 amide bonds. The summed E-state index contributed by atoms with van der Waals surface area (Å²) in [5.41, 5.74) is 7.12. The molecule has 24 heavy (non-hydrogen) atoms. The van der Waals surface area contributed by atoms with Gasteiger partial charge in [0.15, 0.2) is 6.61 Å². The van der Waals surface area contributed by atoms with Crippen LogP contribution in [0.3, 0.4) is 0 Å². The van der Waals surface area contributed by atoms with Gasteiger partial charge in [-0.25, -0.2) is 9.37 Å². The lowest BCUT2D eigenvalue weighted by Crippen LogP contribution is -2.19. The summed E-state index contributed by atoms with van der Waals surface area (Å²) in [6.07, 6.45) is -1.67. The van der Waals surface area contributed by atoms with Crippen molar-refractivity contribution < 1.29 is 22.3 Å². The van der Waals surface area contributed by atoms with Crippen molar-refractivity contribution in [1.29, 1.82) is 0 Å². The summed E-state index contributed by atoms with van der Waals surface area (Å²) in [4.78, 5) is 4.29. The van der Waals surface area contributed by atoms with Gasteiger partial charge in [0.1, 0.15) is 17.2 Å². The van der Waals surface area contributed by atoms with Crippen molar-refractivity contribution >= 4 is 5.65 Å². The van der Waals surface area contributed by atoms with Crippen LogP contribution in [0, 0.1) is 5.82 Å². The molecule has 0 saturated heterocycles. The van der Waals surface area contributed by atoms with Crippen LogP contribution < -0.4 is 10.5 Å². The quantitative estimate of drug-likeness (QED) is 0.740. The number of alkyl halides is 3. The van der Waals surface area contributed by atoms with Crippen LogP contribution in [0.15, 0.2) is 42.7 Å². The predicted octanol–water partition coefficient (Wildman–Crippen LogP) is 3.54. The molecule has 0 atom stereocenters. The third-order valence-electron chi connectivity index (χ3n) is 3.35. The van der Waals surface area contributed by atoms with Crippen LogP contribution in [-0.2, 0) is 6.54 Å². The van der Waals surface area contributed by atoms with Crippen LogP contribution in [0.1, 0.15) is 5.69 Å². The molecule has 0 aliphatic rings. The lowest BCUT2D eigenvalue weighted by atomic mass is 10.1. The number of imidazole rings is 1. The fraction of sp³-hybridized carbons (Fsp3) is 0.188. The first-order valence-corrected chi connectivity index (χ1v) is 7.03. The van der Waals surface area contributed by atoms with Crippen LogP contribution in [-0.4, -0.2) is 22.2 Å². The van der Waals surface area contributed by atoms with E-state index in [1.807, 2.05) is 0 Å². The minimum Gasteiger partial charge on any atom is -0.483 e. The van der Waals surface area contributed by atoms with Crippen LogP contribution in [0.25, 0.3) is 16.8 Å². The molecule has 2 heterocycles. The molecule has 0 unspecified atom stereocenters. The Morgan fingerprint density at radius 2 is 1.88 bits per heavy atom. The van der Waals surface area contributed by atoms with Crippen molar-refractivity contribution in [2.75, 3.05) is 6.61 Å². The number of rotatable bonds is 4. The monoisotopic (exact) mass is 339 g/mol. The molecular weight excluding hydrogens is 326 g/mol. The Balaban J connectivity index is 2.12. The largest absolute Gasteiger partial charge is 0.483 e. The van der Waals surface area contributed by atoms with Gasteiger partial charge in [0.2, 0.25) is 0 Å². The fourth-order valence-corrected chi connectivity index (χ4v) is 2.39. The Labute approximate surface area is 134 Å². The molecule has 0 aliphatic carbocycles. The number of hydrogen-bond acceptors (Lipinski definition) is 3.